The lowest BCUT2D eigenvalue weighted by Crippen LogP contribution is -2.15. The van der Waals surface area contributed by atoms with Crippen molar-refractivity contribution in [1.82, 2.24) is 15.3 Å². The average Bonchev–Trinajstić information content (AvgIpc) is 2.45. The second-order valence-corrected chi connectivity index (χ2v) is 5.60. The molecule has 4 heteroatoms. The van der Waals surface area contributed by atoms with Gasteiger partial charge in [0.25, 0.3) is 0 Å². The summed E-state index contributed by atoms with van der Waals surface area (Å²) < 4.78 is 0. The molecule has 3 nitrogen and oxygen atoms in total. The number of nitrogens with one attached hydrogen (secondary N) is 1. The molecule has 0 saturated heterocycles. The smallest absolute Gasteiger partial charge is 0.159 e. The van der Waals surface area contributed by atoms with Crippen LogP contribution < -0.4 is 5.32 Å². The van der Waals surface area contributed by atoms with Crippen molar-refractivity contribution in [3.63, 3.8) is 0 Å². The summed E-state index contributed by atoms with van der Waals surface area (Å²) in [4.78, 5) is 9.31. The Balaban J connectivity index is 2.20. The van der Waals surface area contributed by atoms with E-state index in [4.69, 9.17) is 11.6 Å². The van der Waals surface area contributed by atoms with Crippen LogP contribution in [-0.4, -0.2) is 23.1 Å². The number of rotatable bonds is 6. The standard InChI is InChI=1S/C17H22ClN3/c1-4-19-10-6-9-16-12(2)20-17(21-13(16)3)14-7-5-8-15(18)11-14/h5,7-8,11,19H,4,6,9-10H2,1-3H3. The van der Waals surface area contributed by atoms with Crippen LogP contribution in [0, 0.1) is 13.8 Å². The van der Waals surface area contributed by atoms with E-state index in [1.807, 2.05) is 24.3 Å². The van der Waals surface area contributed by atoms with Gasteiger partial charge in [-0.15, -0.1) is 0 Å². The Morgan fingerprint density at radius 3 is 2.48 bits per heavy atom. The normalized spacial score (nSPS) is 10.9. The molecule has 1 aromatic carbocycles. The van der Waals surface area contributed by atoms with Crippen molar-refractivity contribution in [2.45, 2.75) is 33.6 Å². The minimum atomic E-state index is 0.709. The summed E-state index contributed by atoms with van der Waals surface area (Å²) in [6.07, 6.45) is 2.12. The molecular weight excluding hydrogens is 282 g/mol. The van der Waals surface area contributed by atoms with Gasteiger partial charge in [-0.25, -0.2) is 9.97 Å². The minimum Gasteiger partial charge on any atom is -0.317 e. The van der Waals surface area contributed by atoms with Gasteiger partial charge < -0.3 is 5.32 Å². The molecule has 2 rings (SSSR count). The van der Waals surface area contributed by atoms with E-state index in [-0.39, 0.29) is 0 Å². The van der Waals surface area contributed by atoms with E-state index in [2.05, 4.69) is 36.1 Å². The maximum absolute atomic E-state index is 6.04. The summed E-state index contributed by atoms with van der Waals surface area (Å²) in [7, 11) is 0. The monoisotopic (exact) mass is 303 g/mol. The highest BCUT2D eigenvalue weighted by atomic mass is 35.5. The van der Waals surface area contributed by atoms with Gasteiger partial charge >= 0.3 is 0 Å². The Bertz CT molecular complexity index is 588. The van der Waals surface area contributed by atoms with Crippen LogP contribution in [0.4, 0.5) is 0 Å². The molecule has 0 aliphatic carbocycles. The van der Waals surface area contributed by atoms with Crippen molar-refractivity contribution in [1.29, 1.82) is 0 Å². The zero-order valence-electron chi connectivity index (χ0n) is 12.9. The fraction of sp³-hybridized carbons (Fsp3) is 0.412. The summed E-state index contributed by atoms with van der Waals surface area (Å²) in [5.41, 5.74) is 4.36. The first-order chi connectivity index (χ1) is 10.1. The van der Waals surface area contributed by atoms with Gasteiger partial charge in [-0.2, -0.15) is 0 Å². The molecule has 0 bridgehead atoms. The molecular formula is C17H22ClN3. The van der Waals surface area contributed by atoms with E-state index >= 15 is 0 Å². The lowest BCUT2D eigenvalue weighted by Gasteiger charge is -2.11. The number of hydrogen-bond donors (Lipinski definition) is 1. The lowest BCUT2D eigenvalue weighted by molar-refractivity contribution is 0.667. The molecule has 0 amide bonds. The first-order valence-electron chi connectivity index (χ1n) is 7.42. The van der Waals surface area contributed by atoms with Gasteiger partial charge in [0.2, 0.25) is 0 Å². The fourth-order valence-corrected chi connectivity index (χ4v) is 2.62. The Hall–Kier alpha value is -1.45. The molecule has 0 aliphatic rings. The van der Waals surface area contributed by atoms with Crippen LogP contribution in [0.2, 0.25) is 5.02 Å². The third-order valence-electron chi connectivity index (χ3n) is 3.53. The van der Waals surface area contributed by atoms with E-state index in [1.165, 1.54) is 5.56 Å². The van der Waals surface area contributed by atoms with Crippen LogP contribution in [-0.2, 0) is 6.42 Å². The zero-order valence-corrected chi connectivity index (χ0v) is 13.7. The van der Waals surface area contributed by atoms with Crippen LogP contribution in [0.25, 0.3) is 11.4 Å². The Morgan fingerprint density at radius 2 is 1.86 bits per heavy atom. The van der Waals surface area contributed by atoms with Crippen LogP contribution in [0.3, 0.4) is 0 Å². The summed E-state index contributed by atoms with van der Waals surface area (Å²) in [5, 5.41) is 4.05. The maximum atomic E-state index is 6.04. The molecule has 0 radical (unpaired) electrons. The van der Waals surface area contributed by atoms with Crippen molar-refractivity contribution < 1.29 is 0 Å². The quantitative estimate of drug-likeness (QED) is 0.821. The second kappa shape index (κ2) is 7.53. The molecule has 2 aromatic rings. The van der Waals surface area contributed by atoms with Crippen molar-refractivity contribution in [3.8, 4) is 11.4 Å². The van der Waals surface area contributed by atoms with Gasteiger partial charge in [0.1, 0.15) is 0 Å². The lowest BCUT2D eigenvalue weighted by atomic mass is 10.1. The fourth-order valence-electron chi connectivity index (χ4n) is 2.42. The van der Waals surface area contributed by atoms with E-state index < -0.39 is 0 Å². The molecule has 0 fully saturated rings. The molecule has 0 aliphatic heterocycles. The first kappa shape index (κ1) is 15.9. The average molecular weight is 304 g/mol. The van der Waals surface area contributed by atoms with Crippen LogP contribution in [0.5, 0.6) is 0 Å². The van der Waals surface area contributed by atoms with Gasteiger partial charge in [-0.05, 0) is 57.5 Å². The molecule has 0 saturated carbocycles. The highest BCUT2D eigenvalue weighted by Crippen LogP contribution is 2.22. The highest BCUT2D eigenvalue weighted by Gasteiger charge is 2.10. The number of aromatic nitrogens is 2. The maximum Gasteiger partial charge on any atom is 0.159 e. The second-order valence-electron chi connectivity index (χ2n) is 5.16. The topological polar surface area (TPSA) is 37.8 Å². The van der Waals surface area contributed by atoms with Crippen molar-refractivity contribution in [2.24, 2.45) is 0 Å². The summed E-state index contributed by atoms with van der Waals surface area (Å²) in [6.45, 7) is 8.30. The third kappa shape index (κ3) is 4.26. The van der Waals surface area contributed by atoms with Gasteiger partial charge in [0, 0.05) is 22.0 Å². The number of aryl methyl sites for hydroxylation is 2. The van der Waals surface area contributed by atoms with Gasteiger partial charge in [-0.3, -0.25) is 0 Å². The van der Waals surface area contributed by atoms with Gasteiger partial charge in [-0.1, -0.05) is 30.7 Å². The van der Waals surface area contributed by atoms with Crippen LogP contribution in [0.15, 0.2) is 24.3 Å². The molecule has 112 valence electrons. The van der Waals surface area contributed by atoms with E-state index in [0.29, 0.717) is 5.02 Å². The SMILES string of the molecule is CCNCCCc1c(C)nc(-c2cccc(Cl)c2)nc1C. The Labute approximate surface area is 131 Å². The molecule has 0 atom stereocenters. The summed E-state index contributed by atoms with van der Waals surface area (Å²) >= 11 is 6.04. The largest absolute Gasteiger partial charge is 0.317 e. The number of hydrogen-bond acceptors (Lipinski definition) is 3. The Morgan fingerprint density at radius 1 is 1.14 bits per heavy atom. The van der Waals surface area contributed by atoms with Crippen molar-refractivity contribution in [3.05, 3.63) is 46.2 Å². The first-order valence-corrected chi connectivity index (χ1v) is 7.80. The number of nitrogens with zero attached hydrogens (tertiary/aromatic N) is 2. The predicted molar refractivity (Wildman–Crippen MR) is 88.8 cm³/mol. The van der Waals surface area contributed by atoms with Gasteiger partial charge in [0.15, 0.2) is 5.82 Å². The molecule has 1 aromatic heterocycles. The predicted octanol–water partition coefficient (Wildman–Crippen LogP) is 3.96. The third-order valence-corrected chi connectivity index (χ3v) is 3.77. The van der Waals surface area contributed by atoms with Gasteiger partial charge in [0.05, 0.1) is 0 Å². The molecule has 1 heterocycles. The number of halogens is 1. The van der Waals surface area contributed by atoms with E-state index in [1.54, 1.807) is 0 Å². The Kier molecular flexibility index (Phi) is 5.71. The van der Waals surface area contributed by atoms with Crippen LogP contribution in [0.1, 0.15) is 30.3 Å². The molecule has 0 spiro atoms. The number of benzene rings is 1. The highest BCUT2D eigenvalue weighted by molar-refractivity contribution is 6.30. The summed E-state index contributed by atoms with van der Waals surface area (Å²) in [5.74, 6) is 0.753. The summed E-state index contributed by atoms with van der Waals surface area (Å²) in [6, 6.07) is 7.68. The molecule has 21 heavy (non-hydrogen) atoms. The van der Waals surface area contributed by atoms with Crippen LogP contribution >= 0.6 is 11.6 Å². The molecule has 1 N–H and O–H groups in total. The van der Waals surface area contributed by atoms with Crippen molar-refractivity contribution in [2.75, 3.05) is 13.1 Å². The minimum absolute atomic E-state index is 0.709. The van der Waals surface area contributed by atoms with Crippen molar-refractivity contribution >= 4 is 11.6 Å². The molecule has 0 unspecified atom stereocenters. The van der Waals surface area contributed by atoms with E-state index in [9.17, 15) is 0 Å². The van der Waals surface area contributed by atoms with E-state index in [0.717, 1.165) is 48.7 Å². The zero-order chi connectivity index (χ0) is 15.2.